The smallest absolute Gasteiger partial charge is 0.0648 e. The Kier molecular flexibility index (Phi) is 7.77. The molecule has 0 fully saturated rings. The third-order valence-corrected chi connectivity index (χ3v) is 13.7. The predicted octanol–water partition coefficient (Wildman–Crippen LogP) is 16.3. The summed E-state index contributed by atoms with van der Waals surface area (Å²) in [5.74, 6) is 0.219. The van der Waals surface area contributed by atoms with Crippen molar-refractivity contribution in [3.63, 3.8) is 0 Å². The van der Waals surface area contributed by atoms with Crippen molar-refractivity contribution in [1.82, 2.24) is 0 Å². The van der Waals surface area contributed by atoms with Crippen LogP contribution in [-0.4, -0.2) is 0 Å². The molecule has 284 valence electrons. The molecular formula is C58H40ClN. The molecule has 1 heterocycles. The van der Waals surface area contributed by atoms with Gasteiger partial charge in [-0.15, -0.1) is 0 Å². The van der Waals surface area contributed by atoms with E-state index >= 15 is 0 Å². The Morgan fingerprint density at radius 3 is 1.67 bits per heavy atom. The Labute approximate surface area is 356 Å². The van der Waals surface area contributed by atoms with Crippen LogP contribution in [0.15, 0.2) is 200 Å². The van der Waals surface area contributed by atoms with Crippen LogP contribution in [0.4, 0.5) is 17.1 Å². The van der Waals surface area contributed by atoms with Crippen LogP contribution in [0.5, 0.6) is 0 Å². The molecule has 0 N–H and O–H groups in total. The van der Waals surface area contributed by atoms with Crippen molar-refractivity contribution in [2.24, 2.45) is 0 Å². The van der Waals surface area contributed by atoms with Gasteiger partial charge in [0.25, 0.3) is 0 Å². The molecule has 12 rings (SSSR count). The zero-order valence-electron chi connectivity index (χ0n) is 33.5. The van der Waals surface area contributed by atoms with E-state index in [2.05, 4.69) is 207 Å². The lowest BCUT2D eigenvalue weighted by molar-refractivity contribution is 0.660. The molecule has 0 bridgehead atoms. The molecule has 1 aliphatic heterocycles. The van der Waals surface area contributed by atoms with Crippen molar-refractivity contribution in [2.75, 3.05) is 4.90 Å². The Morgan fingerprint density at radius 1 is 0.383 bits per heavy atom. The Morgan fingerprint density at radius 2 is 0.917 bits per heavy atom. The van der Waals surface area contributed by atoms with Crippen LogP contribution in [0.2, 0.25) is 5.02 Å². The quantitative estimate of drug-likeness (QED) is 0.172. The summed E-state index contributed by atoms with van der Waals surface area (Å²) >= 11 is 7.16. The van der Waals surface area contributed by atoms with Gasteiger partial charge >= 0.3 is 0 Å². The second kappa shape index (κ2) is 13.3. The molecule has 1 unspecified atom stereocenters. The molecule has 0 saturated heterocycles. The van der Waals surface area contributed by atoms with Crippen molar-refractivity contribution < 1.29 is 0 Å². The number of halogens is 1. The standard InChI is InChI=1S/C58H40ClN/c1-58(2)50-23-11-10-21-46(50)57-40(22-14-24-51(57)58)39-29-32-54-49(35-39)42-18-7-6-17-41(42)48-34-38(28-31-53(48)60(54)55-26-13-12-25-52(55)59)37-27-30-45-47(33-37)43-19-8-9-20-44(43)56(45)36-15-4-3-5-16-36/h3-35,56H,1-2H3. The molecule has 0 radical (unpaired) electrons. The fraction of sp³-hybridized carbons (Fsp3) is 0.0690. The fourth-order valence-corrected chi connectivity index (χ4v) is 10.8. The lowest BCUT2D eigenvalue weighted by Crippen LogP contribution is -2.14. The summed E-state index contributed by atoms with van der Waals surface area (Å²) < 4.78 is 0. The first kappa shape index (κ1) is 35.1. The van der Waals surface area contributed by atoms with Crippen LogP contribution in [0, 0.1) is 0 Å². The SMILES string of the molecule is CC1(C)c2ccccc2-c2c(-c3ccc4c(c3)-c3ccccc3-c3cc(-c5ccc6c(c5)-c5ccccc5C6c5ccccc5)ccc3N4c3ccccc3Cl)cccc21. The summed E-state index contributed by atoms with van der Waals surface area (Å²) in [6.45, 7) is 4.70. The number of para-hydroxylation sites is 1. The Balaban J connectivity index is 1.05. The third kappa shape index (κ3) is 5.12. The number of hydrogen-bond acceptors (Lipinski definition) is 1. The lowest BCUT2D eigenvalue weighted by Gasteiger charge is -2.29. The van der Waals surface area contributed by atoms with E-state index in [1.807, 2.05) is 12.1 Å². The van der Waals surface area contributed by atoms with Gasteiger partial charge in [-0.1, -0.05) is 183 Å². The summed E-state index contributed by atoms with van der Waals surface area (Å²) in [6.07, 6.45) is 0. The number of benzene rings is 9. The maximum absolute atomic E-state index is 7.16. The third-order valence-electron chi connectivity index (χ3n) is 13.4. The summed E-state index contributed by atoms with van der Waals surface area (Å²) in [5, 5.41) is 0.707. The number of anilines is 3. The van der Waals surface area contributed by atoms with Crippen molar-refractivity contribution >= 4 is 28.7 Å². The summed E-state index contributed by atoms with van der Waals surface area (Å²) in [5.41, 5.74) is 24.7. The van der Waals surface area contributed by atoms with Gasteiger partial charge in [0.2, 0.25) is 0 Å². The first-order valence-electron chi connectivity index (χ1n) is 20.9. The van der Waals surface area contributed by atoms with E-state index in [1.165, 1.54) is 94.6 Å². The molecule has 1 nitrogen and oxygen atoms in total. The molecular weight excluding hydrogens is 746 g/mol. The topological polar surface area (TPSA) is 3.24 Å². The minimum atomic E-state index is -0.0771. The molecule has 60 heavy (non-hydrogen) atoms. The highest BCUT2D eigenvalue weighted by atomic mass is 35.5. The van der Waals surface area contributed by atoms with Gasteiger partial charge in [0.15, 0.2) is 0 Å². The van der Waals surface area contributed by atoms with Gasteiger partial charge in [-0.3, -0.25) is 0 Å². The summed E-state index contributed by atoms with van der Waals surface area (Å²) in [6, 6.07) is 73.8. The van der Waals surface area contributed by atoms with Gasteiger partial charge in [-0.25, -0.2) is 0 Å². The van der Waals surface area contributed by atoms with Gasteiger partial charge in [-0.05, 0) is 126 Å². The number of hydrogen-bond donors (Lipinski definition) is 0. The zero-order valence-corrected chi connectivity index (χ0v) is 34.2. The number of rotatable bonds is 4. The first-order valence-corrected chi connectivity index (χ1v) is 21.3. The highest BCUT2D eigenvalue weighted by molar-refractivity contribution is 6.33. The van der Waals surface area contributed by atoms with Crippen LogP contribution in [0.1, 0.15) is 47.6 Å². The van der Waals surface area contributed by atoms with Gasteiger partial charge in [-0.2, -0.15) is 0 Å². The minimum absolute atomic E-state index is 0.0771. The van der Waals surface area contributed by atoms with E-state index in [9.17, 15) is 0 Å². The average Bonchev–Trinajstić information content (AvgIpc) is 3.71. The molecule has 0 spiro atoms. The van der Waals surface area contributed by atoms with Crippen LogP contribution in [0.3, 0.4) is 0 Å². The van der Waals surface area contributed by atoms with E-state index in [0.717, 1.165) is 17.1 Å². The summed E-state index contributed by atoms with van der Waals surface area (Å²) in [7, 11) is 0. The predicted molar refractivity (Wildman–Crippen MR) is 252 cm³/mol. The van der Waals surface area contributed by atoms with Crippen molar-refractivity contribution in [3.8, 4) is 66.8 Å². The van der Waals surface area contributed by atoms with Crippen LogP contribution in [0.25, 0.3) is 66.8 Å². The van der Waals surface area contributed by atoms with E-state index in [4.69, 9.17) is 11.6 Å². The van der Waals surface area contributed by atoms with Crippen molar-refractivity contribution in [2.45, 2.75) is 25.2 Å². The van der Waals surface area contributed by atoms with Crippen molar-refractivity contribution in [1.29, 1.82) is 0 Å². The monoisotopic (exact) mass is 785 g/mol. The highest BCUT2D eigenvalue weighted by Gasteiger charge is 2.37. The molecule has 9 aromatic carbocycles. The average molecular weight is 786 g/mol. The first-order chi connectivity index (χ1) is 29.5. The van der Waals surface area contributed by atoms with Crippen molar-refractivity contribution in [3.05, 3.63) is 233 Å². The highest BCUT2D eigenvalue weighted by Crippen LogP contribution is 2.56. The molecule has 3 aliphatic rings. The Bertz CT molecular complexity index is 3210. The van der Waals surface area contributed by atoms with E-state index in [-0.39, 0.29) is 11.3 Å². The lowest BCUT2D eigenvalue weighted by atomic mass is 9.82. The van der Waals surface area contributed by atoms with Gasteiger partial charge in [0.05, 0.1) is 22.1 Å². The molecule has 9 aromatic rings. The zero-order chi connectivity index (χ0) is 40.1. The normalized spacial score (nSPS) is 14.8. The number of nitrogens with zero attached hydrogens (tertiary/aromatic N) is 1. The Hall–Kier alpha value is -6.93. The van der Waals surface area contributed by atoms with Gasteiger partial charge in [0, 0.05) is 22.5 Å². The van der Waals surface area contributed by atoms with E-state index in [0.29, 0.717) is 5.02 Å². The minimum Gasteiger partial charge on any atom is -0.308 e. The number of fused-ring (bicyclic) bond motifs is 11. The molecule has 0 saturated carbocycles. The van der Waals surface area contributed by atoms with Gasteiger partial charge < -0.3 is 4.90 Å². The van der Waals surface area contributed by atoms with Crippen LogP contribution in [-0.2, 0) is 5.41 Å². The molecule has 1 atom stereocenters. The van der Waals surface area contributed by atoms with Gasteiger partial charge in [0.1, 0.15) is 0 Å². The largest absolute Gasteiger partial charge is 0.308 e. The fourth-order valence-electron chi connectivity index (χ4n) is 10.6. The maximum atomic E-state index is 7.16. The molecule has 0 aromatic heterocycles. The van der Waals surface area contributed by atoms with Crippen LogP contribution < -0.4 is 4.90 Å². The maximum Gasteiger partial charge on any atom is 0.0648 e. The molecule has 2 aliphatic carbocycles. The second-order valence-electron chi connectivity index (χ2n) is 16.9. The molecule has 2 heteroatoms. The summed E-state index contributed by atoms with van der Waals surface area (Å²) in [4.78, 5) is 2.37. The van der Waals surface area contributed by atoms with Crippen LogP contribution >= 0.6 is 11.6 Å². The second-order valence-corrected chi connectivity index (χ2v) is 17.3. The van der Waals surface area contributed by atoms with E-state index < -0.39 is 0 Å². The van der Waals surface area contributed by atoms with E-state index in [1.54, 1.807) is 0 Å². The molecule has 0 amide bonds.